The molecule has 2 aromatic rings. The average molecular weight is 275 g/mol. The fraction of sp³-hybridized carbons (Fsp3) is 0.357. The van der Waals surface area contributed by atoms with Crippen LogP contribution < -0.4 is 16.6 Å². The number of likely N-dealkylation sites (N-methyl/N-ethyl adjacent to an activating group) is 1. The molecule has 0 unspecified atom stereocenters. The zero-order valence-corrected chi connectivity index (χ0v) is 11.5. The molecule has 0 aliphatic carbocycles. The highest BCUT2D eigenvalue weighted by molar-refractivity contribution is 5.81. The van der Waals surface area contributed by atoms with Gasteiger partial charge in [0.25, 0.3) is 5.56 Å². The van der Waals surface area contributed by atoms with Gasteiger partial charge in [-0.2, -0.15) is 0 Å². The molecule has 0 atom stereocenters. The second kappa shape index (κ2) is 5.73. The van der Waals surface area contributed by atoms with E-state index in [1.807, 2.05) is 6.92 Å². The van der Waals surface area contributed by atoms with E-state index in [1.165, 1.54) is 4.57 Å². The first-order chi connectivity index (χ1) is 9.60. The first kappa shape index (κ1) is 14.0. The summed E-state index contributed by atoms with van der Waals surface area (Å²) in [7, 11) is 0. The first-order valence-electron chi connectivity index (χ1n) is 6.59. The Labute approximate surface area is 115 Å². The van der Waals surface area contributed by atoms with Gasteiger partial charge in [-0.05, 0) is 26.0 Å². The van der Waals surface area contributed by atoms with Crippen molar-refractivity contribution in [2.45, 2.75) is 26.9 Å². The quantitative estimate of drug-likeness (QED) is 0.873. The molecule has 0 saturated heterocycles. The van der Waals surface area contributed by atoms with Crippen LogP contribution >= 0.6 is 0 Å². The van der Waals surface area contributed by atoms with E-state index in [-0.39, 0.29) is 24.6 Å². The van der Waals surface area contributed by atoms with Gasteiger partial charge in [-0.1, -0.05) is 12.1 Å². The molecule has 20 heavy (non-hydrogen) atoms. The summed E-state index contributed by atoms with van der Waals surface area (Å²) >= 11 is 0. The van der Waals surface area contributed by atoms with Crippen LogP contribution in [0.4, 0.5) is 0 Å². The largest absolute Gasteiger partial charge is 0.355 e. The number of amides is 1. The highest BCUT2D eigenvalue weighted by Gasteiger charge is 2.13. The molecule has 0 saturated carbocycles. The predicted molar refractivity (Wildman–Crippen MR) is 76.8 cm³/mol. The normalized spacial score (nSPS) is 10.7. The van der Waals surface area contributed by atoms with Gasteiger partial charge in [0.1, 0.15) is 6.54 Å². The number of rotatable bonds is 4. The van der Waals surface area contributed by atoms with Gasteiger partial charge in [0.2, 0.25) is 5.91 Å². The number of nitrogens with one attached hydrogen (secondary N) is 1. The third kappa shape index (κ3) is 2.36. The van der Waals surface area contributed by atoms with E-state index in [0.29, 0.717) is 17.4 Å². The molecule has 1 aromatic heterocycles. The van der Waals surface area contributed by atoms with E-state index in [4.69, 9.17) is 0 Å². The lowest BCUT2D eigenvalue weighted by molar-refractivity contribution is -0.121. The summed E-state index contributed by atoms with van der Waals surface area (Å²) in [5.74, 6) is -0.249. The number of hydrogen-bond acceptors (Lipinski definition) is 3. The number of carbonyl (C=O) groups excluding carboxylic acids is 1. The Bertz CT molecular complexity index is 758. The highest BCUT2D eigenvalue weighted by atomic mass is 16.2. The van der Waals surface area contributed by atoms with Crippen molar-refractivity contribution in [1.29, 1.82) is 0 Å². The molecule has 6 nitrogen and oxygen atoms in total. The Morgan fingerprint density at radius 2 is 1.85 bits per heavy atom. The van der Waals surface area contributed by atoms with Crippen LogP contribution in [0, 0.1) is 0 Å². The topological polar surface area (TPSA) is 73.1 Å². The van der Waals surface area contributed by atoms with Crippen LogP contribution in [-0.4, -0.2) is 21.6 Å². The van der Waals surface area contributed by atoms with E-state index in [1.54, 1.807) is 31.2 Å². The lowest BCUT2D eigenvalue weighted by Crippen LogP contribution is -2.42. The molecule has 0 aliphatic heterocycles. The Morgan fingerprint density at radius 3 is 2.50 bits per heavy atom. The van der Waals surface area contributed by atoms with Crippen molar-refractivity contribution in [2.75, 3.05) is 6.54 Å². The summed E-state index contributed by atoms with van der Waals surface area (Å²) in [6.45, 7) is 4.23. The monoisotopic (exact) mass is 275 g/mol. The van der Waals surface area contributed by atoms with Crippen LogP contribution in [0.15, 0.2) is 33.9 Å². The fourth-order valence-corrected chi connectivity index (χ4v) is 2.20. The molecule has 0 bridgehead atoms. The van der Waals surface area contributed by atoms with Gasteiger partial charge in [-0.3, -0.25) is 18.7 Å². The van der Waals surface area contributed by atoms with Gasteiger partial charge in [0, 0.05) is 13.1 Å². The Kier molecular flexibility index (Phi) is 4.02. The van der Waals surface area contributed by atoms with Gasteiger partial charge >= 0.3 is 5.69 Å². The molecule has 6 heteroatoms. The SMILES string of the molecule is CCNC(=O)Cn1c(=O)n(CC)c(=O)c2ccccc21. The summed E-state index contributed by atoms with van der Waals surface area (Å²) in [6, 6.07) is 6.82. The average Bonchev–Trinajstić information content (AvgIpc) is 2.44. The van der Waals surface area contributed by atoms with Crippen molar-refractivity contribution in [3.63, 3.8) is 0 Å². The third-order valence-electron chi connectivity index (χ3n) is 3.12. The Morgan fingerprint density at radius 1 is 1.15 bits per heavy atom. The molecule has 0 fully saturated rings. The molecule has 106 valence electrons. The summed E-state index contributed by atoms with van der Waals surface area (Å²) in [5, 5.41) is 3.09. The maximum Gasteiger partial charge on any atom is 0.331 e. The minimum absolute atomic E-state index is 0.0898. The Hall–Kier alpha value is -2.37. The van der Waals surface area contributed by atoms with E-state index >= 15 is 0 Å². The van der Waals surface area contributed by atoms with Crippen LogP contribution in [0.25, 0.3) is 10.9 Å². The van der Waals surface area contributed by atoms with Crippen molar-refractivity contribution >= 4 is 16.8 Å². The molecule has 0 radical (unpaired) electrons. The van der Waals surface area contributed by atoms with Gasteiger partial charge < -0.3 is 5.32 Å². The molecule has 1 heterocycles. The summed E-state index contributed by atoms with van der Waals surface area (Å²) < 4.78 is 2.48. The van der Waals surface area contributed by atoms with Crippen LogP contribution in [0.1, 0.15) is 13.8 Å². The second-order valence-corrected chi connectivity index (χ2v) is 4.39. The minimum atomic E-state index is -0.456. The molecule has 1 aromatic carbocycles. The predicted octanol–water partition coefficient (Wildman–Crippen LogP) is 0.319. The lowest BCUT2D eigenvalue weighted by atomic mass is 10.2. The third-order valence-corrected chi connectivity index (χ3v) is 3.12. The van der Waals surface area contributed by atoms with Gasteiger partial charge in [-0.25, -0.2) is 4.79 Å². The molecule has 0 aliphatic rings. The number of hydrogen-bond donors (Lipinski definition) is 1. The number of carbonyl (C=O) groups is 1. The van der Waals surface area contributed by atoms with Crippen LogP contribution in [-0.2, 0) is 17.9 Å². The number of fused-ring (bicyclic) bond motifs is 1. The van der Waals surface area contributed by atoms with Crippen LogP contribution in [0.5, 0.6) is 0 Å². The summed E-state index contributed by atoms with van der Waals surface area (Å²) in [5.41, 5.74) is -0.291. The lowest BCUT2D eigenvalue weighted by Gasteiger charge is -2.12. The molecule has 0 spiro atoms. The molecular weight excluding hydrogens is 258 g/mol. The smallest absolute Gasteiger partial charge is 0.331 e. The van der Waals surface area contributed by atoms with Crippen molar-refractivity contribution in [3.05, 3.63) is 45.1 Å². The standard InChI is InChI=1S/C14H17N3O3/c1-3-15-12(18)9-17-11-8-6-5-7-10(11)13(19)16(4-2)14(17)20/h5-8H,3-4,9H2,1-2H3,(H,15,18). The minimum Gasteiger partial charge on any atom is -0.355 e. The fourth-order valence-electron chi connectivity index (χ4n) is 2.20. The summed E-state index contributed by atoms with van der Waals surface area (Å²) in [4.78, 5) is 36.2. The number of benzene rings is 1. The highest BCUT2D eigenvalue weighted by Crippen LogP contribution is 2.07. The van der Waals surface area contributed by atoms with E-state index < -0.39 is 5.69 Å². The maximum absolute atomic E-state index is 12.3. The van der Waals surface area contributed by atoms with E-state index in [9.17, 15) is 14.4 Å². The molecule has 1 amide bonds. The Balaban J connectivity index is 2.72. The van der Waals surface area contributed by atoms with Crippen LogP contribution in [0.2, 0.25) is 0 Å². The van der Waals surface area contributed by atoms with E-state index in [0.717, 1.165) is 4.57 Å². The van der Waals surface area contributed by atoms with Crippen molar-refractivity contribution in [3.8, 4) is 0 Å². The van der Waals surface area contributed by atoms with Crippen LogP contribution in [0.3, 0.4) is 0 Å². The summed E-state index contributed by atoms with van der Waals surface area (Å²) in [6.07, 6.45) is 0. The first-order valence-corrected chi connectivity index (χ1v) is 6.59. The molecule has 1 N–H and O–H groups in total. The maximum atomic E-state index is 12.3. The van der Waals surface area contributed by atoms with Crippen molar-refractivity contribution in [2.24, 2.45) is 0 Å². The number of aromatic nitrogens is 2. The second-order valence-electron chi connectivity index (χ2n) is 4.39. The van der Waals surface area contributed by atoms with Crippen molar-refractivity contribution < 1.29 is 4.79 Å². The molecule has 2 rings (SSSR count). The number of para-hydroxylation sites is 1. The van der Waals surface area contributed by atoms with E-state index in [2.05, 4.69) is 5.32 Å². The van der Waals surface area contributed by atoms with Gasteiger partial charge in [0.05, 0.1) is 10.9 Å². The van der Waals surface area contributed by atoms with Gasteiger partial charge in [0.15, 0.2) is 0 Å². The van der Waals surface area contributed by atoms with Gasteiger partial charge in [-0.15, -0.1) is 0 Å². The number of nitrogens with zero attached hydrogens (tertiary/aromatic N) is 2. The van der Waals surface area contributed by atoms with Crippen molar-refractivity contribution in [1.82, 2.24) is 14.5 Å². The molecular formula is C14H17N3O3. The zero-order chi connectivity index (χ0) is 14.7. The zero-order valence-electron chi connectivity index (χ0n) is 11.5.